The Balaban J connectivity index is 1.51. The van der Waals surface area contributed by atoms with Gasteiger partial charge in [0.05, 0.1) is 16.6 Å². The van der Waals surface area contributed by atoms with Gasteiger partial charge in [-0.05, 0) is 36.7 Å². The number of H-pyrrole nitrogens is 1. The zero-order chi connectivity index (χ0) is 21.1. The third-order valence-electron chi connectivity index (χ3n) is 5.36. The van der Waals surface area contributed by atoms with Crippen LogP contribution in [0.3, 0.4) is 0 Å². The summed E-state index contributed by atoms with van der Waals surface area (Å²) < 4.78 is 14.4. The summed E-state index contributed by atoms with van der Waals surface area (Å²) >= 11 is 0. The Morgan fingerprint density at radius 1 is 1.27 bits per heavy atom. The summed E-state index contributed by atoms with van der Waals surface area (Å²) in [6.07, 6.45) is 3.09. The molecule has 0 unspecified atom stereocenters. The molecule has 2 N–H and O–H groups in total. The number of nitrogens with zero attached hydrogens (tertiary/aromatic N) is 2. The maximum atomic E-state index is 14.4. The number of amides is 1. The first-order chi connectivity index (χ1) is 14.6. The molecule has 2 heterocycles. The maximum Gasteiger partial charge on any atom is 0.272 e. The monoisotopic (exact) mass is 406 g/mol. The molecular formula is C23H23FN4O2. The standard InChI is InChI=1S/C23H23FN4O2/c1-2-3-10-25-16-13-28(14-16)23(30)19-11-15(8-9-20(19)24)12-21-17-6-4-5-7-18(17)22(29)27-26-21/h2,4-9,11,16,25H,1,3,10,12-14H2,(H,27,29). The number of carbonyl (C=O) groups is 1. The highest BCUT2D eigenvalue weighted by atomic mass is 19.1. The fourth-order valence-electron chi connectivity index (χ4n) is 3.68. The first kappa shape index (κ1) is 20.0. The molecule has 0 atom stereocenters. The van der Waals surface area contributed by atoms with E-state index in [1.165, 1.54) is 6.07 Å². The van der Waals surface area contributed by atoms with Crippen LogP contribution in [0.2, 0.25) is 0 Å². The number of benzene rings is 2. The van der Waals surface area contributed by atoms with Gasteiger partial charge in [0.1, 0.15) is 5.82 Å². The molecule has 6 nitrogen and oxygen atoms in total. The number of rotatable bonds is 7. The third-order valence-corrected chi connectivity index (χ3v) is 5.36. The lowest BCUT2D eigenvalue weighted by Crippen LogP contribution is -2.60. The van der Waals surface area contributed by atoms with Crippen molar-refractivity contribution in [3.8, 4) is 0 Å². The van der Waals surface area contributed by atoms with Crippen LogP contribution in [0.4, 0.5) is 4.39 Å². The molecule has 1 aliphatic rings. The Morgan fingerprint density at radius 2 is 2.03 bits per heavy atom. The van der Waals surface area contributed by atoms with Crippen LogP contribution in [0.1, 0.15) is 28.0 Å². The second-order valence-electron chi connectivity index (χ2n) is 7.47. The molecule has 0 spiro atoms. The van der Waals surface area contributed by atoms with E-state index in [-0.39, 0.29) is 23.1 Å². The average molecular weight is 406 g/mol. The topological polar surface area (TPSA) is 78.1 Å². The van der Waals surface area contributed by atoms with Crippen LogP contribution >= 0.6 is 0 Å². The van der Waals surface area contributed by atoms with Gasteiger partial charge in [-0.3, -0.25) is 9.59 Å². The van der Waals surface area contributed by atoms with E-state index in [1.807, 2.05) is 18.2 Å². The predicted octanol–water partition coefficient (Wildman–Crippen LogP) is 2.64. The fourth-order valence-corrected chi connectivity index (χ4v) is 3.68. The molecule has 0 aliphatic carbocycles. The number of halogens is 1. The summed E-state index contributed by atoms with van der Waals surface area (Å²) in [5.74, 6) is -0.846. The minimum Gasteiger partial charge on any atom is -0.335 e. The Hall–Kier alpha value is -3.32. The lowest BCUT2D eigenvalue weighted by Gasteiger charge is -2.39. The van der Waals surface area contributed by atoms with Crippen molar-refractivity contribution < 1.29 is 9.18 Å². The Kier molecular flexibility index (Phi) is 5.72. The quantitative estimate of drug-likeness (QED) is 0.467. The van der Waals surface area contributed by atoms with Crippen molar-refractivity contribution in [2.24, 2.45) is 0 Å². The molecule has 154 valence electrons. The minimum absolute atomic E-state index is 0.0609. The predicted molar refractivity (Wildman–Crippen MR) is 114 cm³/mol. The SMILES string of the molecule is C=CCCNC1CN(C(=O)c2cc(Cc3n[nH]c(=O)c4ccccc34)ccc2F)C1. The molecule has 1 aromatic heterocycles. The Morgan fingerprint density at radius 3 is 2.80 bits per heavy atom. The second-order valence-corrected chi connectivity index (χ2v) is 7.47. The highest BCUT2D eigenvalue weighted by Gasteiger charge is 2.31. The molecule has 7 heteroatoms. The number of likely N-dealkylation sites (tertiary alicyclic amines) is 1. The molecule has 1 amide bonds. The van der Waals surface area contributed by atoms with E-state index in [9.17, 15) is 14.0 Å². The molecule has 0 saturated carbocycles. The Labute approximate surface area is 173 Å². The summed E-state index contributed by atoms with van der Waals surface area (Å²) in [5.41, 5.74) is 1.24. The number of aromatic nitrogens is 2. The number of nitrogens with one attached hydrogen (secondary N) is 2. The van der Waals surface area contributed by atoms with Gasteiger partial charge < -0.3 is 10.2 Å². The summed E-state index contributed by atoms with van der Waals surface area (Å²) in [4.78, 5) is 26.4. The normalized spacial score (nSPS) is 14.0. The van der Waals surface area contributed by atoms with E-state index in [0.29, 0.717) is 30.6 Å². The number of hydrogen-bond acceptors (Lipinski definition) is 4. The van der Waals surface area contributed by atoms with Crippen LogP contribution in [0.25, 0.3) is 10.8 Å². The van der Waals surface area contributed by atoms with Gasteiger partial charge in [-0.15, -0.1) is 6.58 Å². The van der Waals surface area contributed by atoms with Crippen LogP contribution in [0, 0.1) is 5.82 Å². The lowest BCUT2D eigenvalue weighted by molar-refractivity contribution is 0.0564. The summed E-state index contributed by atoms with van der Waals surface area (Å²) in [7, 11) is 0. The van der Waals surface area contributed by atoms with Gasteiger partial charge >= 0.3 is 0 Å². The summed E-state index contributed by atoms with van der Waals surface area (Å²) in [6, 6.07) is 12.0. The van der Waals surface area contributed by atoms with Crippen LogP contribution in [0.15, 0.2) is 59.9 Å². The van der Waals surface area contributed by atoms with E-state index >= 15 is 0 Å². The van der Waals surface area contributed by atoms with Crippen molar-refractivity contribution in [2.45, 2.75) is 18.9 Å². The van der Waals surface area contributed by atoms with Crippen LogP contribution in [-0.2, 0) is 6.42 Å². The first-order valence-corrected chi connectivity index (χ1v) is 9.95. The summed E-state index contributed by atoms with van der Waals surface area (Å²) in [5, 5.41) is 11.3. The average Bonchev–Trinajstić information content (AvgIpc) is 2.73. The fraction of sp³-hybridized carbons (Fsp3) is 0.261. The van der Waals surface area contributed by atoms with Gasteiger partial charge in [-0.2, -0.15) is 5.10 Å². The van der Waals surface area contributed by atoms with Crippen molar-refractivity contribution in [1.82, 2.24) is 20.4 Å². The highest BCUT2D eigenvalue weighted by Crippen LogP contribution is 2.21. The molecule has 1 saturated heterocycles. The maximum absolute atomic E-state index is 14.4. The van der Waals surface area contributed by atoms with E-state index < -0.39 is 5.82 Å². The molecule has 0 bridgehead atoms. The van der Waals surface area contributed by atoms with E-state index in [2.05, 4.69) is 22.1 Å². The minimum atomic E-state index is -0.536. The summed E-state index contributed by atoms with van der Waals surface area (Å²) in [6.45, 7) is 5.63. The zero-order valence-corrected chi connectivity index (χ0v) is 16.5. The molecule has 30 heavy (non-hydrogen) atoms. The van der Waals surface area contributed by atoms with Crippen molar-refractivity contribution in [1.29, 1.82) is 0 Å². The van der Waals surface area contributed by atoms with Crippen molar-refractivity contribution in [3.05, 3.63) is 88.1 Å². The van der Waals surface area contributed by atoms with Gasteiger partial charge in [-0.1, -0.05) is 30.3 Å². The van der Waals surface area contributed by atoms with Gasteiger partial charge in [0, 0.05) is 30.9 Å². The smallest absolute Gasteiger partial charge is 0.272 e. The van der Waals surface area contributed by atoms with Gasteiger partial charge in [0.25, 0.3) is 11.5 Å². The van der Waals surface area contributed by atoms with Crippen molar-refractivity contribution in [3.63, 3.8) is 0 Å². The van der Waals surface area contributed by atoms with Gasteiger partial charge in [0.2, 0.25) is 0 Å². The highest BCUT2D eigenvalue weighted by molar-refractivity contribution is 5.95. The van der Waals surface area contributed by atoms with E-state index in [1.54, 1.807) is 29.2 Å². The molecular weight excluding hydrogens is 383 g/mol. The zero-order valence-electron chi connectivity index (χ0n) is 16.5. The number of carbonyl (C=O) groups excluding carboxylic acids is 1. The third kappa shape index (κ3) is 4.02. The molecule has 1 fully saturated rings. The number of fused-ring (bicyclic) bond motifs is 1. The number of hydrogen-bond donors (Lipinski definition) is 2. The van der Waals surface area contributed by atoms with Gasteiger partial charge in [-0.25, -0.2) is 9.49 Å². The molecule has 1 aliphatic heterocycles. The largest absolute Gasteiger partial charge is 0.335 e. The van der Waals surface area contributed by atoms with Crippen molar-refractivity contribution in [2.75, 3.05) is 19.6 Å². The molecule has 3 aromatic rings. The second kappa shape index (κ2) is 8.59. The van der Waals surface area contributed by atoms with E-state index in [0.717, 1.165) is 23.9 Å². The molecule has 2 aromatic carbocycles. The van der Waals surface area contributed by atoms with Crippen LogP contribution in [0.5, 0.6) is 0 Å². The van der Waals surface area contributed by atoms with Crippen molar-refractivity contribution >= 4 is 16.7 Å². The van der Waals surface area contributed by atoms with Crippen LogP contribution in [-0.4, -0.2) is 46.7 Å². The van der Waals surface area contributed by atoms with Crippen LogP contribution < -0.4 is 10.9 Å². The molecule has 0 radical (unpaired) electrons. The van der Waals surface area contributed by atoms with E-state index in [4.69, 9.17) is 0 Å². The van der Waals surface area contributed by atoms with Gasteiger partial charge in [0.15, 0.2) is 0 Å². The first-order valence-electron chi connectivity index (χ1n) is 9.95. The Bertz CT molecular complexity index is 1150. The number of aromatic amines is 1. The molecule has 4 rings (SSSR count). The lowest BCUT2D eigenvalue weighted by atomic mass is 10.0.